The molecular formula is C25H30BrClN2O6. The zero-order chi connectivity index (χ0) is 25.7. The van der Waals surface area contributed by atoms with Crippen LogP contribution in [0.2, 0.25) is 5.02 Å². The number of carbonyl (C=O) groups is 3. The number of para-hydroxylation sites is 1. The second-order valence-electron chi connectivity index (χ2n) is 9.90. The number of halogens is 2. The molecule has 8 nitrogen and oxygen atoms in total. The van der Waals surface area contributed by atoms with Crippen LogP contribution >= 0.6 is 27.5 Å². The molecule has 2 N–H and O–H groups in total. The first kappa shape index (κ1) is 26.1. The number of carboxylic acid groups (broad SMARTS) is 1. The van der Waals surface area contributed by atoms with Crippen LogP contribution in [0.1, 0.15) is 26.7 Å². The Hall–Kier alpha value is -1.94. The molecule has 3 aliphatic rings. The lowest BCUT2D eigenvalue weighted by Crippen LogP contribution is -2.59. The van der Waals surface area contributed by atoms with Gasteiger partial charge in [0.15, 0.2) is 0 Å². The normalized spacial score (nSPS) is 32.1. The summed E-state index contributed by atoms with van der Waals surface area (Å²) in [5.74, 6) is -4.03. The van der Waals surface area contributed by atoms with E-state index in [1.54, 1.807) is 30.3 Å². The highest BCUT2D eigenvalue weighted by molar-refractivity contribution is 9.09. The number of ether oxygens (including phenoxy) is 1. The number of fused-ring (bicyclic) bond motifs is 1. The van der Waals surface area contributed by atoms with Gasteiger partial charge >= 0.3 is 5.97 Å². The zero-order valence-electron chi connectivity index (χ0n) is 19.6. The molecule has 2 bridgehead atoms. The number of hydrogen-bond donors (Lipinski definition) is 2. The average Bonchev–Trinajstić information content (AvgIpc) is 3.39. The molecule has 3 saturated heterocycles. The minimum atomic E-state index is -1.33. The molecule has 35 heavy (non-hydrogen) atoms. The van der Waals surface area contributed by atoms with Crippen LogP contribution in [0.25, 0.3) is 0 Å². The van der Waals surface area contributed by atoms with Crippen LogP contribution in [0, 0.1) is 17.8 Å². The van der Waals surface area contributed by atoms with Crippen LogP contribution in [0.4, 0.5) is 5.69 Å². The van der Waals surface area contributed by atoms with E-state index in [2.05, 4.69) is 22.5 Å². The van der Waals surface area contributed by atoms with Crippen molar-refractivity contribution in [3.05, 3.63) is 41.9 Å². The molecule has 0 aliphatic carbocycles. The molecule has 0 radical (unpaired) electrons. The third-order valence-electron chi connectivity index (χ3n) is 7.31. The minimum absolute atomic E-state index is 0.123. The Bertz CT molecular complexity index is 1040. The number of amides is 2. The number of carboxylic acids is 1. The maximum atomic E-state index is 14.4. The number of likely N-dealkylation sites (tertiary alicyclic amines) is 1. The van der Waals surface area contributed by atoms with Crippen LogP contribution in [0.3, 0.4) is 0 Å². The van der Waals surface area contributed by atoms with Gasteiger partial charge in [-0.2, -0.15) is 0 Å². The second-order valence-corrected chi connectivity index (χ2v) is 11.5. The summed E-state index contributed by atoms with van der Waals surface area (Å²) in [4.78, 5) is 43.1. The van der Waals surface area contributed by atoms with E-state index < -0.39 is 53.4 Å². The number of rotatable bonds is 9. The summed E-state index contributed by atoms with van der Waals surface area (Å²) in [7, 11) is 0. The number of aliphatic carboxylic acids is 1. The van der Waals surface area contributed by atoms with Crippen molar-refractivity contribution in [2.45, 2.75) is 55.3 Å². The van der Waals surface area contributed by atoms with E-state index >= 15 is 0 Å². The highest BCUT2D eigenvalue weighted by atomic mass is 79.9. The van der Waals surface area contributed by atoms with Crippen LogP contribution < -0.4 is 4.90 Å². The van der Waals surface area contributed by atoms with Gasteiger partial charge in [-0.25, -0.2) is 0 Å². The molecule has 1 aromatic rings. The Balaban J connectivity index is 1.87. The van der Waals surface area contributed by atoms with Crippen molar-refractivity contribution < 1.29 is 29.3 Å². The van der Waals surface area contributed by atoms with Gasteiger partial charge in [-0.15, -0.1) is 6.58 Å². The number of anilines is 1. The lowest BCUT2D eigenvalue weighted by Gasteiger charge is -2.40. The summed E-state index contributed by atoms with van der Waals surface area (Å²) < 4.78 is 6.32. The molecular weight excluding hydrogens is 540 g/mol. The predicted octanol–water partition coefficient (Wildman–Crippen LogP) is 3.10. The second kappa shape index (κ2) is 9.84. The number of alkyl halides is 1. The number of nitrogens with zero attached hydrogens (tertiary/aromatic N) is 2. The van der Waals surface area contributed by atoms with Crippen molar-refractivity contribution in [2.24, 2.45) is 17.8 Å². The number of carbonyl (C=O) groups excluding carboxylic acids is 2. The first-order valence-electron chi connectivity index (χ1n) is 11.7. The maximum Gasteiger partial charge on any atom is 0.310 e. The molecule has 1 spiro atoms. The molecule has 2 amide bonds. The molecule has 190 valence electrons. The van der Waals surface area contributed by atoms with Crippen molar-refractivity contribution in [2.75, 3.05) is 18.1 Å². The summed E-state index contributed by atoms with van der Waals surface area (Å²) in [6.07, 6.45) is 1.58. The third kappa shape index (κ3) is 4.10. The molecule has 0 saturated carbocycles. The van der Waals surface area contributed by atoms with Crippen molar-refractivity contribution >= 4 is 51.0 Å². The van der Waals surface area contributed by atoms with E-state index in [-0.39, 0.29) is 23.9 Å². The zero-order valence-corrected chi connectivity index (χ0v) is 22.0. The molecule has 7 atom stereocenters. The Kier molecular flexibility index (Phi) is 7.35. The Morgan fingerprint density at radius 3 is 2.66 bits per heavy atom. The lowest BCUT2D eigenvalue weighted by atomic mass is 9.70. The van der Waals surface area contributed by atoms with E-state index in [1.807, 2.05) is 13.8 Å². The lowest BCUT2D eigenvalue weighted by molar-refractivity contribution is -0.151. The van der Waals surface area contributed by atoms with Gasteiger partial charge in [0, 0.05) is 11.4 Å². The minimum Gasteiger partial charge on any atom is -0.481 e. The van der Waals surface area contributed by atoms with Crippen molar-refractivity contribution in [1.82, 2.24) is 4.90 Å². The molecule has 3 fully saturated rings. The van der Waals surface area contributed by atoms with Gasteiger partial charge in [-0.05, 0) is 30.9 Å². The third-order valence-corrected chi connectivity index (χ3v) is 8.48. The predicted molar refractivity (Wildman–Crippen MR) is 135 cm³/mol. The highest BCUT2D eigenvalue weighted by Crippen LogP contribution is 2.60. The first-order chi connectivity index (χ1) is 16.6. The number of hydrogen-bond acceptors (Lipinski definition) is 5. The molecule has 4 rings (SSSR count). The largest absolute Gasteiger partial charge is 0.481 e. The summed E-state index contributed by atoms with van der Waals surface area (Å²) >= 11 is 9.98. The van der Waals surface area contributed by atoms with Crippen molar-refractivity contribution in [3.63, 3.8) is 0 Å². The molecule has 1 aromatic carbocycles. The number of aliphatic hydroxyl groups is 1. The van der Waals surface area contributed by atoms with Gasteiger partial charge < -0.3 is 24.7 Å². The molecule has 3 aliphatic heterocycles. The fraction of sp³-hybridized carbons (Fsp3) is 0.560. The SMILES string of the molecule is C=CCN(C(=O)[C@@H]1N([C@@H](CO)CC(C)C)C(=O)[C@H]2[C@H](C(=O)O)[C@H]3O[C@@]12CC3Br)c1ccccc1Cl. The van der Waals surface area contributed by atoms with Gasteiger partial charge in [-0.3, -0.25) is 14.4 Å². The molecule has 1 unspecified atom stereocenters. The number of benzene rings is 1. The summed E-state index contributed by atoms with van der Waals surface area (Å²) in [6, 6.07) is 5.09. The fourth-order valence-electron chi connectivity index (χ4n) is 6.10. The van der Waals surface area contributed by atoms with Gasteiger partial charge in [0.1, 0.15) is 11.6 Å². The Morgan fingerprint density at radius 2 is 2.09 bits per heavy atom. The maximum absolute atomic E-state index is 14.4. The fourth-order valence-corrected chi connectivity index (χ4v) is 7.28. The van der Waals surface area contributed by atoms with E-state index in [4.69, 9.17) is 16.3 Å². The van der Waals surface area contributed by atoms with Gasteiger partial charge in [0.05, 0.1) is 41.3 Å². The van der Waals surface area contributed by atoms with Crippen LogP contribution in [0.5, 0.6) is 0 Å². The summed E-state index contributed by atoms with van der Waals surface area (Å²) in [5, 5.41) is 20.7. The Morgan fingerprint density at radius 1 is 1.40 bits per heavy atom. The van der Waals surface area contributed by atoms with Crippen molar-refractivity contribution in [3.8, 4) is 0 Å². The molecule has 10 heteroatoms. The topological polar surface area (TPSA) is 107 Å². The first-order valence-corrected chi connectivity index (χ1v) is 13.0. The average molecular weight is 570 g/mol. The van der Waals surface area contributed by atoms with E-state index in [9.17, 15) is 24.6 Å². The van der Waals surface area contributed by atoms with Gasteiger partial charge in [0.2, 0.25) is 5.91 Å². The summed E-state index contributed by atoms with van der Waals surface area (Å²) in [6.45, 7) is 7.46. The van der Waals surface area contributed by atoms with E-state index in [0.29, 0.717) is 23.6 Å². The highest BCUT2D eigenvalue weighted by Gasteiger charge is 2.77. The Labute approximate surface area is 218 Å². The van der Waals surface area contributed by atoms with Crippen LogP contribution in [-0.2, 0) is 19.1 Å². The molecule has 3 heterocycles. The van der Waals surface area contributed by atoms with Crippen LogP contribution in [-0.4, -0.2) is 74.7 Å². The summed E-state index contributed by atoms with van der Waals surface area (Å²) in [5.41, 5.74) is -0.880. The number of aliphatic hydroxyl groups excluding tert-OH is 1. The standard InChI is InChI=1S/C25H30BrClN2O6/c1-4-9-28(17-8-6-5-7-16(17)27)23(32)21-25-11-15(26)20(35-25)18(24(33)34)19(25)22(31)29(21)14(12-30)10-13(2)3/h4-8,13-15,18-21,30H,1,9-12H2,2-3H3,(H,33,34)/t14-,15?,18+,19-,20+,21+,25-/m1/s1. The van der Waals surface area contributed by atoms with E-state index in [0.717, 1.165) is 0 Å². The van der Waals surface area contributed by atoms with Crippen LogP contribution in [0.15, 0.2) is 36.9 Å². The quantitative estimate of drug-likeness (QED) is 0.350. The molecule has 0 aromatic heterocycles. The smallest absolute Gasteiger partial charge is 0.310 e. The van der Waals surface area contributed by atoms with E-state index in [1.165, 1.54) is 9.80 Å². The van der Waals surface area contributed by atoms with Gasteiger partial charge in [-0.1, -0.05) is 59.6 Å². The van der Waals surface area contributed by atoms with Gasteiger partial charge in [0.25, 0.3) is 5.91 Å². The van der Waals surface area contributed by atoms with Crippen molar-refractivity contribution in [1.29, 1.82) is 0 Å². The monoisotopic (exact) mass is 568 g/mol.